The fraction of sp³-hybridized carbons (Fsp3) is 0.732. The van der Waals surface area contributed by atoms with E-state index in [0.29, 0.717) is 61.9 Å². The van der Waals surface area contributed by atoms with Crippen molar-refractivity contribution in [3.63, 3.8) is 0 Å². The molecule has 0 atom stereocenters. The summed E-state index contributed by atoms with van der Waals surface area (Å²) in [5, 5.41) is 0. The third-order valence-electron chi connectivity index (χ3n) is 8.22. The number of rotatable bonds is 35. The van der Waals surface area contributed by atoms with E-state index in [4.69, 9.17) is 28.4 Å². The van der Waals surface area contributed by atoms with Gasteiger partial charge in [-0.05, 0) is 37.8 Å². The standard InChI is InChI=1S/C41H66O11/c1-3-5-7-9-11-13-15-21-38(43)49-25-17-23-40(45)51-29-19-27-47-36-31-35(34-42)32-37(33-36)48-28-20-30-52-41(46)24-18-26-50-39(44)22-16-14-12-10-8-6-4-2/h31-34H,3-30H2,1-2H3. The third-order valence-corrected chi connectivity index (χ3v) is 8.22. The van der Waals surface area contributed by atoms with Crippen molar-refractivity contribution in [3.8, 4) is 11.5 Å². The van der Waals surface area contributed by atoms with Crippen LogP contribution in [0.4, 0.5) is 0 Å². The first-order chi connectivity index (χ1) is 25.4. The molecule has 1 aromatic carbocycles. The fourth-order valence-electron chi connectivity index (χ4n) is 5.24. The number of aldehydes is 1. The average Bonchev–Trinajstić information content (AvgIpc) is 3.14. The van der Waals surface area contributed by atoms with Gasteiger partial charge in [0.2, 0.25) is 0 Å². The maximum atomic E-state index is 12.0. The lowest BCUT2D eigenvalue weighted by Gasteiger charge is -2.11. The van der Waals surface area contributed by atoms with Crippen LogP contribution in [0.2, 0.25) is 0 Å². The molecule has 52 heavy (non-hydrogen) atoms. The number of carbonyl (C=O) groups is 5. The maximum absolute atomic E-state index is 12.0. The van der Waals surface area contributed by atoms with E-state index in [9.17, 15) is 24.0 Å². The van der Waals surface area contributed by atoms with Crippen LogP contribution < -0.4 is 9.47 Å². The smallest absolute Gasteiger partial charge is 0.305 e. The zero-order valence-corrected chi connectivity index (χ0v) is 32.1. The number of hydrogen-bond acceptors (Lipinski definition) is 11. The van der Waals surface area contributed by atoms with E-state index in [1.807, 2.05) is 0 Å². The molecule has 0 aliphatic heterocycles. The zero-order valence-electron chi connectivity index (χ0n) is 32.1. The number of esters is 4. The summed E-state index contributed by atoms with van der Waals surface area (Å²) in [5.41, 5.74) is 0.386. The van der Waals surface area contributed by atoms with E-state index < -0.39 is 0 Å². The lowest BCUT2D eigenvalue weighted by molar-refractivity contribution is -0.147. The molecule has 11 nitrogen and oxygen atoms in total. The predicted octanol–water partition coefficient (Wildman–Crippen LogP) is 9.05. The number of unbranched alkanes of at least 4 members (excludes halogenated alkanes) is 12. The molecule has 0 spiro atoms. The molecule has 1 rings (SSSR count). The Kier molecular flexibility index (Phi) is 29.6. The zero-order chi connectivity index (χ0) is 37.9. The van der Waals surface area contributed by atoms with Crippen molar-refractivity contribution < 1.29 is 52.4 Å². The Morgan fingerprint density at radius 3 is 1.12 bits per heavy atom. The maximum Gasteiger partial charge on any atom is 0.305 e. The van der Waals surface area contributed by atoms with E-state index in [-0.39, 0.29) is 76.4 Å². The minimum Gasteiger partial charge on any atom is -0.493 e. The topological polar surface area (TPSA) is 141 Å². The summed E-state index contributed by atoms with van der Waals surface area (Å²) in [6.45, 7) is 5.67. The van der Waals surface area contributed by atoms with Crippen LogP contribution >= 0.6 is 0 Å². The van der Waals surface area contributed by atoms with Crippen molar-refractivity contribution in [1.82, 2.24) is 0 Å². The van der Waals surface area contributed by atoms with Gasteiger partial charge in [0.1, 0.15) is 17.8 Å². The summed E-state index contributed by atoms with van der Waals surface area (Å²) in [7, 11) is 0. The molecule has 0 bridgehead atoms. The van der Waals surface area contributed by atoms with Gasteiger partial charge >= 0.3 is 23.9 Å². The van der Waals surface area contributed by atoms with E-state index in [2.05, 4.69) is 13.8 Å². The van der Waals surface area contributed by atoms with Crippen molar-refractivity contribution in [2.24, 2.45) is 0 Å². The van der Waals surface area contributed by atoms with E-state index in [1.54, 1.807) is 18.2 Å². The van der Waals surface area contributed by atoms with Crippen LogP contribution in [-0.2, 0) is 38.1 Å². The van der Waals surface area contributed by atoms with Gasteiger partial charge < -0.3 is 28.4 Å². The Balaban J connectivity index is 2.10. The van der Waals surface area contributed by atoms with Crippen LogP contribution in [0.3, 0.4) is 0 Å². The molecule has 0 saturated carbocycles. The second-order valence-corrected chi connectivity index (χ2v) is 13.1. The normalized spacial score (nSPS) is 10.7. The lowest BCUT2D eigenvalue weighted by Crippen LogP contribution is -2.11. The lowest BCUT2D eigenvalue weighted by atomic mass is 10.1. The number of carbonyl (C=O) groups excluding carboxylic acids is 5. The Hall–Kier alpha value is -3.63. The Morgan fingerprint density at radius 2 is 0.750 bits per heavy atom. The molecular weight excluding hydrogens is 668 g/mol. The van der Waals surface area contributed by atoms with Gasteiger partial charge in [0.15, 0.2) is 0 Å². The van der Waals surface area contributed by atoms with Gasteiger partial charge in [-0.2, -0.15) is 0 Å². The third kappa shape index (κ3) is 28.0. The molecule has 0 aromatic heterocycles. The highest BCUT2D eigenvalue weighted by atomic mass is 16.5. The molecule has 0 radical (unpaired) electrons. The number of benzene rings is 1. The summed E-state index contributed by atoms with van der Waals surface area (Å²) in [6, 6.07) is 4.85. The van der Waals surface area contributed by atoms with Crippen LogP contribution in [0.1, 0.15) is 165 Å². The second kappa shape index (κ2) is 33.2. The summed E-state index contributed by atoms with van der Waals surface area (Å²) >= 11 is 0. The van der Waals surface area contributed by atoms with Crippen molar-refractivity contribution in [3.05, 3.63) is 23.8 Å². The van der Waals surface area contributed by atoms with E-state index in [0.717, 1.165) is 38.5 Å². The minimum atomic E-state index is -0.359. The van der Waals surface area contributed by atoms with Crippen LogP contribution in [0, 0.1) is 0 Å². The molecule has 1 aromatic rings. The molecule has 0 unspecified atom stereocenters. The van der Waals surface area contributed by atoms with Crippen LogP contribution in [0.25, 0.3) is 0 Å². The molecule has 0 saturated heterocycles. The summed E-state index contributed by atoms with van der Waals surface area (Å²) in [4.78, 5) is 59.1. The van der Waals surface area contributed by atoms with Crippen molar-refractivity contribution in [2.75, 3.05) is 39.6 Å². The van der Waals surface area contributed by atoms with Gasteiger partial charge in [-0.15, -0.1) is 0 Å². The van der Waals surface area contributed by atoms with Crippen LogP contribution in [0.5, 0.6) is 11.5 Å². The van der Waals surface area contributed by atoms with E-state index >= 15 is 0 Å². The Labute approximate surface area is 312 Å². The number of hydrogen-bond donors (Lipinski definition) is 0. The van der Waals surface area contributed by atoms with Gasteiger partial charge in [-0.1, -0.05) is 90.9 Å². The van der Waals surface area contributed by atoms with Gasteiger partial charge in [0, 0.05) is 50.2 Å². The monoisotopic (exact) mass is 734 g/mol. The largest absolute Gasteiger partial charge is 0.493 e. The van der Waals surface area contributed by atoms with Gasteiger partial charge in [0.05, 0.1) is 39.6 Å². The van der Waals surface area contributed by atoms with Crippen molar-refractivity contribution >= 4 is 30.2 Å². The Bertz CT molecular complexity index is 1030. The first-order valence-corrected chi connectivity index (χ1v) is 19.9. The van der Waals surface area contributed by atoms with Crippen LogP contribution in [0.15, 0.2) is 18.2 Å². The molecule has 296 valence electrons. The summed E-state index contributed by atoms with van der Waals surface area (Å²) in [6.07, 6.45) is 19.6. The molecule has 0 heterocycles. The van der Waals surface area contributed by atoms with Crippen molar-refractivity contribution in [1.29, 1.82) is 0 Å². The first kappa shape index (κ1) is 46.4. The summed E-state index contributed by atoms with van der Waals surface area (Å²) < 4.78 is 32.4. The minimum absolute atomic E-state index is 0.170. The Morgan fingerprint density at radius 1 is 0.423 bits per heavy atom. The quantitative estimate of drug-likeness (QED) is 0.0285. The first-order valence-electron chi connectivity index (χ1n) is 19.9. The van der Waals surface area contributed by atoms with Crippen molar-refractivity contribution in [2.45, 2.75) is 155 Å². The van der Waals surface area contributed by atoms with Gasteiger partial charge in [-0.25, -0.2) is 0 Å². The molecule has 11 heteroatoms. The molecular formula is C41H66O11. The SMILES string of the molecule is CCCCCCCCCC(=O)OCCCC(=O)OCCCOc1cc(C=O)cc(OCCCOC(=O)CCCOC(=O)CCCCCCCCC)c1. The summed E-state index contributed by atoms with van der Waals surface area (Å²) in [5.74, 6) is -0.267. The van der Waals surface area contributed by atoms with Crippen LogP contribution in [-0.4, -0.2) is 69.8 Å². The highest BCUT2D eigenvalue weighted by Crippen LogP contribution is 2.23. The molecule has 0 aliphatic rings. The van der Waals surface area contributed by atoms with Gasteiger partial charge in [-0.3, -0.25) is 24.0 Å². The molecule has 0 fully saturated rings. The molecule has 0 aliphatic carbocycles. The average molecular weight is 735 g/mol. The highest BCUT2D eigenvalue weighted by Gasteiger charge is 2.09. The number of ether oxygens (including phenoxy) is 6. The predicted molar refractivity (Wildman–Crippen MR) is 200 cm³/mol. The van der Waals surface area contributed by atoms with E-state index in [1.165, 1.54) is 51.4 Å². The molecule has 0 N–H and O–H groups in total. The van der Waals surface area contributed by atoms with Gasteiger partial charge in [0.25, 0.3) is 0 Å². The highest BCUT2D eigenvalue weighted by molar-refractivity contribution is 5.76. The molecule has 0 amide bonds. The fourth-order valence-corrected chi connectivity index (χ4v) is 5.24. The second-order valence-electron chi connectivity index (χ2n) is 13.1.